The number of carbonyl (C=O) groups excluding carboxylic acids is 1. The first-order chi connectivity index (χ1) is 11.5. The number of nitrogens with one attached hydrogen (secondary N) is 2. The number of halogens is 1. The quantitative estimate of drug-likeness (QED) is 0.772. The van der Waals surface area contributed by atoms with Crippen molar-refractivity contribution >= 4 is 18.3 Å². The zero-order chi connectivity index (χ0) is 17.5. The Bertz CT molecular complexity index is 551. The molecule has 1 heterocycles. The lowest BCUT2D eigenvalue weighted by Crippen LogP contribution is -2.51. The van der Waals surface area contributed by atoms with Crippen LogP contribution in [0.25, 0.3) is 0 Å². The Hall–Kier alpha value is -1.46. The molecule has 142 valence electrons. The fourth-order valence-corrected chi connectivity index (χ4v) is 2.83. The van der Waals surface area contributed by atoms with E-state index in [1.165, 1.54) is 0 Å². The summed E-state index contributed by atoms with van der Waals surface area (Å²) < 4.78 is 11.2. The highest BCUT2D eigenvalue weighted by Crippen LogP contribution is 2.28. The first-order valence-corrected chi connectivity index (χ1v) is 8.86. The van der Waals surface area contributed by atoms with E-state index < -0.39 is 0 Å². The molecule has 1 amide bonds. The highest BCUT2D eigenvalue weighted by Gasteiger charge is 2.23. The average molecular weight is 371 g/mol. The van der Waals surface area contributed by atoms with Crippen LogP contribution in [0.2, 0.25) is 0 Å². The Morgan fingerprint density at radius 3 is 2.76 bits per heavy atom. The van der Waals surface area contributed by atoms with Crippen molar-refractivity contribution in [3.8, 4) is 11.5 Å². The van der Waals surface area contributed by atoms with E-state index in [4.69, 9.17) is 9.47 Å². The lowest BCUT2D eigenvalue weighted by atomic mass is 9.99. The fourth-order valence-electron chi connectivity index (χ4n) is 2.83. The van der Waals surface area contributed by atoms with Gasteiger partial charge in [-0.15, -0.1) is 12.4 Å². The van der Waals surface area contributed by atoms with Crippen LogP contribution < -0.4 is 20.1 Å². The van der Waals surface area contributed by atoms with E-state index in [0.29, 0.717) is 35.6 Å². The molecule has 5 nitrogen and oxygen atoms in total. The summed E-state index contributed by atoms with van der Waals surface area (Å²) in [6, 6.07) is 5.82. The summed E-state index contributed by atoms with van der Waals surface area (Å²) in [6.45, 7) is 8.09. The van der Waals surface area contributed by atoms with Crippen LogP contribution in [0.4, 0.5) is 0 Å². The molecule has 0 radical (unpaired) electrons. The van der Waals surface area contributed by atoms with Gasteiger partial charge in [0.25, 0.3) is 5.91 Å². The van der Waals surface area contributed by atoms with Gasteiger partial charge in [0.05, 0.1) is 13.7 Å². The molecule has 6 heteroatoms. The van der Waals surface area contributed by atoms with Crippen molar-refractivity contribution in [2.45, 2.75) is 52.1 Å². The van der Waals surface area contributed by atoms with E-state index in [9.17, 15) is 4.79 Å². The monoisotopic (exact) mass is 370 g/mol. The average Bonchev–Trinajstić information content (AvgIpc) is 2.56. The third-order valence-corrected chi connectivity index (χ3v) is 4.46. The Kier molecular flexibility index (Phi) is 9.08. The Balaban J connectivity index is 0.00000312. The van der Waals surface area contributed by atoms with E-state index >= 15 is 0 Å². The predicted molar refractivity (Wildman–Crippen MR) is 103 cm³/mol. The molecule has 2 N–H and O–H groups in total. The molecule has 1 saturated heterocycles. The summed E-state index contributed by atoms with van der Waals surface area (Å²) in [5, 5.41) is 6.51. The normalized spacial score (nSPS) is 19.9. The zero-order valence-corrected chi connectivity index (χ0v) is 16.4. The second kappa shape index (κ2) is 10.5. The van der Waals surface area contributed by atoms with E-state index in [1.54, 1.807) is 19.2 Å². The van der Waals surface area contributed by atoms with Crippen molar-refractivity contribution in [3.63, 3.8) is 0 Å². The largest absolute Gasteiger partial charge is 0.493 e. The molecule has 0 aliphatic carbocycles. The molecule has 2 rings (SSSR count). The molecule has 2 atom stereocenters. The summed E-state index contributed by atoms with van der Waals surface area (Å²) in [5.74, 6) is 1.80. The number of benzene rings is 1. The number of carbonyl (C=O) groups is 1. The third-order valence-electron chi connectivity index (χ3n) is 4.46. The highest BCUT2D eigenvalue weighted by atomic mass is 35.5. The van der Waals surface area contributed by atoms with E-state index in [2.05, 4.69) is 31.4 Å². The number of ether oxygens (including phenoxy) is 2. The highest BCUT2D eigenvalue weighted by molar-refractivity contribution is 5.95. The van der Waals surface area contributed by atoms with Gasteiger partial charge >= 0.3 is 0 Å². The van der Waals surface area contributed by atoms with Crippen LogP contribution in [0.1, 0.15) is 50.4 Å². The van der Waals surface area contributed by atoms with Gasteiger partial charge in [-0.25, -0.2) is 0 Å². The SMILES string of the molecule is COc1cc(C(=O)NC2CCCNC2C)ccc1OCCC(C)C.Cl. The molecule has 1 aromatic carbocycles. The predicted octanol–water partition coefficient (Wildman–Crippen LogP) is 3.41. The number of hydrogen-bond donors (Lipinski definition) is 2. The Labute approximate surface area is 157 Å². The summed E-state index contributed by atoms with van der Waals surface area (Å²) in [6.07, 6.45) is 3.08. The number of hydrogen-bond acceptors (Lipinski definition) is 4. The Morgan fingerprint density at radius 1 is 1.36 bits per heavy atom. The van der Waals surface area contributed by atoms with E-state index in [1.807, 2.05) is 6.07 Å². The molecule has 1 aromatic rings. The van der Waals surface area contributed by atoms with Crippen LogP contribution in [0, 0.1) is 5.92 Å². The van der Waals surface area contributed by atoms with Gasteiger partial charge in [-0.05, 0) is 56.8 Å². The van der Waals surface area contributed by atoms with Crippen molar-refractivity contribution in [2.75, 3.05) is 20.3 Å². The van der Waals surface area contributed by atoms with E-state index in [-0.39, 0.29) is 24.4 Å². The first-order valence-electron chi connectivity index (χ1n) is 8.86. The van der Waals surface area contributed by atoms with Gasteiger partial charge in [0.1, 0.15) is 0 Å². The van der Waals surface area contributed by atoms with Crippen molar-refractivity contribution in [1.29, 1.82) is 0 Å². The zero-order valence-electron chi connectivity index (χ0n) is 15.6. The summed E-state index contributed by atoms with van der Waals surface area (Å²) in [7, 11) is 1.60. The summed E-state index contributed by atoms with van der Waals surface area (Å²) in [4.78, 5) is 12.5. The lowest BCUT2D eigenvalue weighted by molar-refractivity contribution is 0.0919. The van der Waals surface area contributed by atoms with Crippen LogP contribution in [-0.4, -0.2) is 38.3 Å². The molecule has 0 saturated carbocycles. The van der Waals surface area contributed by atoms with Crippen LogP contribution in [0.5, 0.6) is 11.5 Å². The van der Waals surface area contributed by atoms with Crippen LogP contribution >= 0.6 is 12.4 Å². The van der Waals surface area contributed by atoms with Crippen LogP contribution in [-0.2, 0) is 0 Å². The second-order valence-electron chi connectivity index (χ2n) is 6.86. The molecular weight excluding hydrogens is 340 g/mol. The smallest absolute Gasteiger partial charge is 0.251 e. The molecule has 1 aliphatic heterocycles. The molecule has 1 aliphatic rings. The number of methoxy groups -OCH3 is 1. The van der Waals surface area contributed by atoms with Gasteiger partial charge in [-0.2, -0.15) is 0 Å². The molecular formula is C19H31ClN2O3. The van der Waals surface area contributed by atoms with Gasteiger partial charge in [0, 0.05) is 17.6 Å². The first kappa shape index (κ1) is 21.6. The minimum absolute atomic E-state index is 0. The minimum atomic E-state index is -0.0671. The molecule has 2 unspecified atom stereocenters. The van der Waals surface area contributed by atoms with Crippen LogP contribution in [0.3, 0.4) is 0 Å². The van der Waals surface area contributed by atoms with Gasteiger partial charge < -0.3 is 20.1 Å². The minimum Gasteiger partial charge on any atom is -0.493 e. The fraction of sp³-hybridized carbons (Fsp3) is 0.632. The lowest BCUT2D eigenvalue weighted by Gasteiger charge is -2.30. The van der Waals surface area contributed by atoms with Crippen molar-refractivity contribution in [3.05, 3.63) is 23.8 Å². The maximum atomic E-state index is 12.5. The number of piperidine rings is 1. The number of amides is 1. The Morgan fingerprint density at radius 2 is 2.12 bits per heavy atom. The van der Waals surface area contributed by atoms with Gasteiger partial charge in [0.2, 0.25) is 0 Å². The molecule has 0 spiro atoms. The van der Waals surface area contributed by atoms with Gasteiger partial charge in [-0.1, -0.05) is 13.8 Å². The van der Waals surface area contributed by atoms with Crippen molar-refractivity contribution < 1.29 is 14.3 Å². The van der Waals surface area contributed by atoms with Crippen molar-refractivity contribution in [1.82, 2.24) is 10.6 Å². The third kappa shape index (κ3) is 6.40. The number of rotatable bonds is 7. The molecule has 0 bridgehead atoms. The maximum Gasteiger partial charge on any atom is 0.251 e. The standard InChI is InChI=1S/C19H30N2O3.ClH/c1-13(2)9-11-24-17-8-7-15(12-18(17)23-4)19(22)21-16-6-5-10-20-14(16)3;/h7-8,12-14,16,20H,5-6,9-11H2,1-4H3,(H,21,22);1H. The summed E-state index contributed by atoms with van der Waals surface area (Å²) >= 11 is 0. The second-order valence-corrected chi connectivity index (χ2v) is 6.86. The maximum absolute atomic E-state index is 12.5. The van der Waals surface area contributed by atoms with Gasteiger partial charge in [0.15, 0.2) is 11.5 Å². The van der Waals surface area contributed by atoms with Crippen LogP contribution in [0.15, 0.2) is 18.2 Å². The molecule has 0 aromatic heterocycles. The summed E-state index contributed by atoms with van der Waals surface area (Å²) in [5.41, 5.74) is 0.598. The molecule has 1 fully saturated rings. The van der Waals surface area contributed by atoms with E-state index in [0.717, 1.165) is 25.8 Å². The van der Waals surface area contributed by atoms with Crippen molar-refractivity contribution in [2.24, 2.45) is 5.92 Å². The topological polar surface area (TPSA) is 59.6 Å². The molecule has 25 heavy (non-hydrogen) atoms. The van der Waals surface area contributed by atoms with Gasteiger partial charge in [-0.3, -0.25) is 4.79 Å².